The molecule has 0 aromatic carbocycles. The van der Waals surface area contributed by atoms with Gasteiger partial charge in [-0.05, 0) is 6.42 Å². The van der Waals surface area contributed by atoms with Crippen molar-refractivity contribution in [2.45, 2.75) is 25.1 Å². The summed E-state index contributed by atoms with van der Waals surface area (Å²) in [5.41, 5.74) is 0. The lowest BCUT2D eigenvalue weighted by Crippen LogP contribution is -2.56. The Kier molecular flexibility index (Phi) is 4.90. The van der Waals surface area contributed by atoms with Gasteiger partial charge in [-0.3, -0.25) is 9.69 Å². The number of Topliss-reactive ketones (excluding diaryl/α,β-unsaturated/α-hetero) is 1. The molecule has 1 aliphatic heterocycles. The molecule has 1 unspecified atom stereocenters. The molecule has 1 saturated heterocycles. The molecule has 11 heteroatoms. The van der Waals surface area contributed by atoms with Gasteiger partial charge >= 0.3 is 12.2 Å². The Morgan fingerprint density at radius 1 is 1.45 bits per heavy atom. The Balaban J connectivity index is 2.35. The van der Waals surface area contributed by atoms with Crippen LogP contribution in [0.2, 0.25) is 0 Å². The summed E-state index contributed by atoms with van der Waals surface area (Å²) < 4.78 is 37.9. The highest BCUT2D eigenvalue weighted by Gasteiger charge is 2.41. The van der Waals surface area contributed by atoms with Crippen LogP contribution in [0.4, 0.5) is 23.1 Å². The van der Waals surface area contributed by atoms with Crippen molar-refractivity contribution < 1.29 is 22.8 Å². The Morgan fingerprint density at radius 3 is 2.68 bits per heavy atom. The first-order valence-electron chi connectivity index (χ1n) is 6.29. The highest BCUT2D eigenvalue weighted by atomic mass is 35.5. The molecule has 0 N–H and O–H groups in total. The molecule has 0 aliphatic carbocycles. The van der Waals surface area contributed by atoms with Gasteiger partial charge in [-0.25, -0.2) is 4.79 Å². The number of hydrogen-bond acceptors (Lipinski definition) is 5. The maximum atomic E-state index is 12.6. The third kappa shape index (κ3) is 3.32. The molecular formula is C11H12ClF3N4O2S. The van der Waals surface area contributed by atoms with E-state index in [4.69, 9.17) is 11.6 Å². The zero-order valence-electron chi connectivity index (χ0n) is 11.4. The topological polar surface area (TPSA) is 66.4 Å². The van der Waals surface area contributed by atoms with Gasteiger partial charge in [0.15, 0.2) is 5.78 Å². The minimum Gasteiger partial charge on any atom is -0.327 e. The minimum absolute atomic E-state index is 0.0324. The number of halogens is 4. The van der Waals surface area contributed by atoms with Crippen molar-refractivity contribution in [2.75, 3.05) is 24.4 Å². The Bertz CT molecular complexity index is 580. The number of amides is 2. The van der Waals surface area contributed by atoms with Crippen molar-refractivity contribution in [1.82, 2.24) is 15.1 Å². The lowest BCUT2D eigenvalue weighted by molar-refractivity contribution is -0.138. The van der Waals surface area contributed by atoms with Crippen molar-refractivity contribution in [3.63, 3.8) is 0 Å². The lowest BCUT2D eigenvalue weighted by Gasteiger charge is -2.37. The fourth-order valence-corrected chi connectivity index (χ4v) is 3.01. The Labute approximate surface area is 132 Å². The van der Waals surface area contributed by atoms with Crippen LogP contribution in [0, 0.1) is 0 Å². The van der Waals surface area contributed by atoms with Crippen LogP contribution in [0.3, 0.4) is 0 Å². The van der Waals surface area contributed by atoms with Gasteiger partial charge < -0.3 is 4.90 Å². The highest BCUT2D eigenvalue weighted by Crippen LogP contribution is 2.36. The second-order valence-electron chi connectivity index (χ2n) is 4.67. The van der Waals surface area contributed by atoms with Crippen LogP contribution in [0.15, 0.2) is 0 Å². The molecule has 122 valence electrons. The van der Waals surface area contributed by atoms with Gasteiger partial charge in [0.25, 0.3) is 0 Å². The number of urea groups is 1. The molecule has 2 rings (SSSR count). The number of aromatic nitrogens is 2. The van der Waals surface area contributed by atoms with Crippen molar-refractivity contribution >= 4 is 39.9 Å². The average Bonchev–Trinajstić information content (AvgIpc) is 2.91. The van der Waals surface area contributed by atoms with E-state index in [1.807, 2.05) is 0 Å². The molecular weight excluding hydrogens is 345 g/mol. The molecule has 0 spiro atoms. The number of carbonyl (C=O) groups is 2. The van der Waals surface area contributed by atoms with E-state index in [1.165, 1.54) is 11.9 Å². The molecule has 1 aromatic rings. The fourth-order valence-electron chi connectivity index (χ4n) is 2.07. The monoisotopic (exact) mass is 356 g/mol. The predicted octanol–water partition coefficient (Wildman–Crippen LogP) is 2.39. The van der Waals surface area contributed by atoms with Crippen LogP contribution in [0.25, 0.3) is 0 Å². The standard InChI is InChI=1S/C11H12ClF3N4O2S/c1-18-5-3-6(7(20)2-4-12)19(10(18)21)9-17-16-8(22-9)11(13,14)15/h6H,2-5H2,1H3. The molecule has 1 aliphatic rings. The zero-order chi connectivity index (χ0) is 16.5. The zero-order valence-corrected chi connectivity index (χ0v) is 13.0. The number of rotatable bonds is 4. The lowest BCUT2D eigenvalue weighted by atomic mass is 10.0. The minimum atomic E-state index is -4.64. The Hall–Kier alpha value is -1.42. The van der Waals surface area contributed by atoms with E-state index in [1.54, 1.807) is 0 Å². The number of carbonyl (C=O) groups excluding carboxylic acids is 2. The first-order chi connectivity index (χ1) is 10.3. The maximum absolute atomic E-state index is 12.6. The quantitative estimate of drug-likeness (QED) is 0.777. The molecule has 6 nitrogen and oxygen atoms in total. The number of anilines is 1. The van der Waals surface area contributed by atoms with Crippen LogP contribution in [-0.2, 0) is 11.0 Å². The highest BCUT2D eigenvalue weighted by molar-refractivity contribution is 7.15. The van der Waals surface area contributed by atoms with Gasteiger partial charge in [0, 0.05) is 25.9 Å². The van der Waals surface area contributed by atoms with Gasteiger partial charge in [-0.15, -0.1) is 21.8 Å². The fraction of sp³-hybridized carbons (Fsp3) is 0.636. The number of alkyl halides is 4. The van der Waals surface area contributed by atoms with Crippen LogP contribution >= 0.6 is 22.9 Å². The summed E-state index contributed by atoms with van der Waals surface area (Å²) in [4.78, 5) is 26.6. The third-order valence-electron chi connectivity index (χ3n) is 3.16. The first kappa shape index (κ1) is 16.9. The van der Waals surface area contributed by atoms with E-state index in [0.717, 1.165) is 4.90 Å². The van der Waals surface area contributed by atoms with Crippen molar-refractivity contribution in [1.29, 1.82) is 0 Å². The molecule has 0 saturated carbocycles. The number of ketones is 1. The van der Waals surface area contributed by atoms with Crippen molar-refractivity contribution in [2.24, 2.45) is 0 Å². The van der Waals surface area contributed by atoms with Gasteiger partial charge in [0.05, 0.1) is 0 Å². The number of nitrogens with zero attached hydrogens (tertiary/aromatic N) is 4. The largest absolute Gasteiger partial charge is 0.445 e. The second-order valence-corrected chi connectivity index (χ2v) is 6.01. The van der Waals surface area contributed by atoms with E-state index < -0.39 is 23.3 Å². The summed E-state index contributed by atoms with van der Waals surface area (Å²) in [7, 11) is 1.50. The van der Waals surface area contributed by atoms with E-state index in [9.17, 15) is 22.8 Å². The molecule has 0 radical (unpaired) electrons. The molecule has 2 amide bonds. The summed E-state index contributed by atoms with van der Waals surface area (Å²) in [6, 6.07) is -1.44. The van der Waals surface area contributed by atoms with Gasteiger partial charge in [-0.1, -0.05) is 11.3 Å². The van der Waals surface area contributed by atoms with Crippen LogP contribution in [0.1, 0.15) is 17.8 Å². The summed E-state index contributed by atoms with van der Waals surface area (Å²) in [5.74, 6) is -0.225. The second kappa shape index (κ2) is 6.37. The Morgan fingerprint density at radius 2 is 2.14 bits per heavy atom. The van der Waals surface area contributed by atoms with Crippen molar-refractivity contribution in [3.05, 3.63) is 5.01 Å². The van der Waals surface area contributed by atoms with Crippen LogP contribution in [0.5, 0.6) is 0 Å². The average molecular weight is 357 g/mol. The van der Waals surface area contributed by atoms with Crippen LogP contribution < -0.4 is 4.90 Å². The molecule has 1 aromatic heterocycles. The SMILES string of the molecule is CN1CCC(C(=O)CCCl)N(c2nnc(C(F)(F)F)s2)C1=O. The summed E-state index contributed by atoms with van der Waals surface area (Å²) >= 11 is 5.77. The normalized spacial score (nSPS) is 19.7. The molecule has 2 heterocycles. The van der Waals surface area contributed by atoms with Gasteiger partial charge in [-0.2, -0.15) is 13.2 Å². The molecule has 22 heavy (non-hydrogen) atoms. The first-order valence-corrected chi connectivity index (χ1v) is 7.64. The molecule has 0 bridgehead atoms. The predicted molar refractivity (Wildman–Crippen MR) is 74.2 cm³/mol. The van der Waals surface area contributed by atoms with E-state index in [0.29, 0.717) is 13.0 Å². The van der Waals surface area contributed by atoms with Crippen LogP contribution in [-0.4, -0.2) is 52.4 Å². The molecule has 1 atom stereocenters. The molecule has 1 fully saturated rings. The van der Waals surface area contributed by atoms with E-state index in [2.05, 4.69) is 10.2 Å². The van der Waals surface area contributed by atoms with Gasteiger partial charge in [0.1, 0.15) is 6.04 Å². The van der Waals surface area contributed by atoms with E-state index >= 15 is 0 Å². The van der Waals surface area contributed by atoms with Gasteiger partial charge in [0.2, 0.25) is 10.1 Å². The summed E-state index contributed by atoms with van der Waals surface area (Å²) in [6.07, 6.45) is -4.31. The summed E-state index contributed by atoms with van der Waals surface area (Å²) in [5, 5.41) is 5.08. The maximum Gasteiger partial charge on any atom is 0.445 e. The number of hydrogen-bond donors (Lipinski definition) is 0. The van der Waals surface area contributed by atoms with Crippen molar-refractivity contribution in [3.8, 4) is 0 Å². The summed E-state index contributed by atoms with van der Waals surface area (Å²) in [6.45, 7) is 0.332. The van der Waals surface area contributed by atoms with E-state index in [-0.39, 0.29) is 34.6 Å². The third-order valence-corrected chi connectivity index (χ3v) is 4.31. The smallest absolute Gasteiger partial charge is 0.327 e.